The van der Waals surface area contributed by atoms with Crippen LogP contribution < -0.4 is 0 Å². The van der Waals surface area contributed by atoms with E-state index in [1.807, 2.05) is 6.07 Å². The first-order valence-electron chi connectivity index (χ1n) is 15.2. The van der Waals surface area contributed by atoms with Gasteiger partial charge in [0.15, 0.2) is 5.82 Å². The van der Waals surface area contributed by atoms with Gasteiger partial charge in [0.2, 0.25) is 0 Å². The average Bonchev–Trinajstić information content (AvgIpc) is 3.56. The van der Waals surface area contributed by atoms with Gasteiger partial charge >= 0.3 is 0 Å². The van der Waals surface area contributed by atoms with E-state index >= 15 is 0 Å². The van der Waals surface area contributed by atoms with E-state index in [9.17, 15) is 0 Å². The number of hydrogen-bond acceptors (Lipinski definition) is 2. The molecule has 0 aliphatic heterocycles. The van der Waals surface area contributed by atoms with Gasteiger partial charge in [-0.1, -0.05) is 158 Å². The van der Waals surface area contributed by atoms with E-state index in [1.54, 1.807) is 0 Å². The van der Waals surface area contributed by atoms with Crippen LogP contribution in [0.15, 0.2) is 158 Å². The molecule has 1 spiro atoms. The molecule has 6 aromatic carbocycles. The molecule has 7 aromatic rings. The summed E-state index contributed by atoms with van der Waals surface area (Å²) in [5.74, 6) is 0.752. The number of benzene rings is 6. The Morgan fingerprint density at radius 3 is 1.73 bits per heavy atom. The minimum Gasteiger partial charge on any atom is -0.231 e. The summed E-state index contributed by atoms with van der Waals surface area (Å²) in [6.45, 7) is 0. The smallest absolute Gasteiger partial charge is 0.160 e. The van der Waals surface area contributed by atoms with E-state index in [0.717, 1.165) is 40.3 Å². The molecule has 0 saturated heterocycles. The average molecular weight is 561 g/mol. The van der Waals surface area contributed by atoms with E-state index in [4.69, 9.17) is 9.97 Å². The van der Waals surface area contributed by atoms with Crippen molar-refractivity contribution in [1.82, 2.24) is 9.97 Å². The van der Waals surface area contributed by atoms with E-state index in [0.29, 0.717) is 0 Å². The highest BCUT2D eigenvalue weighted by atomic mass is 14.9. The zero-order chi connectivity index (χ0) is 29.1. The van der Waals surface area contributed by atoms with Crippen LogP contribution in [-0.4, -0.2) is 9.97 Å². The Morgan fingerprint density at radius 2 is 1.00 bits per heavy atom. The van der Waals surface area contributed by atoms with Crippen molar-refractivity contribution in [2.45, 2.75) is 11.8 Å². The van der Waals surface area contributed by atoms with E-state index in [2.05, 4.69) is 152 Å². The lowest BCUT2D eigenvalue weighted by atomic mass is 9.72. The van der Waals surface area contributed by atoms with Gasteiger partial charge in [-0.3, -0.25) is 0 Å². The minimum atomic E-state index is -0.555. The van der Waals surface area contributed by atoms with Crippen LogP contribution in [0.3, 0.4) is 0 Å². The summed E-state index contributed by atoms with van der Waals surface area (Å²) in [5.41, 5.74) is 15.0. The molecular weight excluding hydrogens is 532 g/mol. The fourth-order valence-corrected chi connectivity index (χ4v) is 7.48. The fraction of sp³-hybridized carbons (Fsp3) is 0.0476. The molecule has 0 fully saturated rings. The van der Waals surface area contributed by atoms with Crippen LogP contribution in [0.5, 0.6) is 0 Å². The number of hydrogen-bond donors (Lipinski definition) is 0. The number of nitrogens with zero attached hydrogens (tertiary/aromatic N) is 2. The molecular formula is C42H28N2. The molecule has 2 aliphatic carbocycles. The van der Waals surface area contributed by atoms with E-state index in [1.165, 1.54) is 44.5 Å². The highest BCUT2D eigenvalue weighted by molar-refractivity contribution is 5.98. The first kappa shape index (κ1) is 24.9. The van der Waals surface area contributed by atoms with Crippen LogP contribution in [0.25, 0.3) is 44.9 Å². The standard InChI is InChI=1S/C42H28N2/c1-4-14-28(15-5-1)26-29-24-25-33-32-20-10-12-22-35(32)42(37(33)27-29)36-23-13-11-21-34(36)38-39(30-16-6-2-7-17-30)43-41(44-40(38)42)31-18-8-3-9-19-31/h1-25,27H,26H2. The minimum absolute atomic E-state index is 0.555. The molecule has 1 heterocycles. The van der Waals surface area contributed by atoms with Gasteiger partial charge in [-0.15, -0.1) is 0 Å². The first-order chi connectivity index (χ1) is 21.8. The molecule has 1 atom stereocenters. The van der Waals surface area contributed by atoms with Gasteiger partial charge in [0, 0.05) is 16.7 Å². The topological polar surface area (TPSA) is 25.8 Å². The second-order valence-electron chi connectivity index (χ2n) is 11.7. The lowest BCUT2D eigenvalue weighted by molar-refractivity contribution is 0.757. The van der Waals surface area contributed by atoms with Crippen molar-refractivity contribution < 1.29 is 0 Å². The Labute approximate surface area is 257 Å². The molecule has 2 nitrogen and oxygen atoms in total. The maximum Gasteiger partial charge on any atom is 0.160 e. The van der Waals surface area contributed by atoms with E-state index < -0.39 is 5.41 Å². The largest absolute Gasteiger partial charge is 0.231 e. The lowest BCUT2D eigenvalue weighted by Crippen LogP contribution is -2.27. The molecule has 0 saturated carbocycles. The Balaban J connectivity index is 1.40. The van der Waals surface area contributed by atoms with Gasteiger partial charge in [0.1, 0.15) is 0 Å². The van der Waals surface area contributed by atoms with Gasteiger partial charge in [0.25, 0.3) is 0 Å². The predicted octanol–water partition coefficient (Wildman–Crippen LogP) is 9.74. The van der Waals surface area contributed by atoms with Crippen molar-refractivity contribution in [2.24, 2.45) is 0 Å². The number of rotatable bonds is 4. The number of aromatic nitrogens is 2. The van der Waals surface area contributed by atoms with E-state index in [-0.39, 0.29) is 0 Å². The van der Waals surface area contributed by atoms with Crippen molar-refractivity contribution in [3.8, 4) is 44.9 Å². The van der Waals surface area contributed by atoms with Crippen LogP contribution in [0.2, 0.25) is 0 Å². The molecule has 1 aromatic heterocycles. The molecule has 44 heavy (non-hydrogen) atoms. The third-order valence-electron chi connectivity index (χ3n) is 9.30. The van der Waals surface area contributed by atoms with Gasteiger partial charge < -0.3 is 0 Å². The van der Waals surface area contributed by atoms with Crippen molar-refractivity contribution in [3.05, 3.63) is 191 Å². The molecule has 1 unspecified atom stereocenters. The molecule has 9 rings (SSSR count). The van der Waals surface area contributed by atoms with Gasteiger partial charge in [-0.05, 0) is 50.9 Å². The van der Waals surface area contributed by atoms with Gasteiger partial charge in [-0.2, -0.15) is 0 Å². The summed E-state index contributed by atoms with van der Waals surface area (Å²) < 4.78 is 0. The Hall–Kier alpha value is -5.60. The maximum absolute atomic E-state index is 5.56. The van der Waals surface area contributed by atoms with Crippen molar-refractivity contribution in [1.29, 1.82) is 0 Å². The summed E-state index contributed by atoms with van der Waals surface area (Å²) in [6.07, 6.45) is 0.878. The normalized spacial score (nSPS) is 15.5. The molecule has 2 aliphatic rings. The van der Waals surface area contributed by atoms with Crippen LogP contribution >= 0.6 is 0 Å². The quantitative estimate of drug-likeness (QED) is 0.214. The van der Waals surface area contributed by atoms with Crippen LogP contribution in [0, 0.1) is 0 Å². The zero-order valence-corrected chi connectivity index (χ0v) is 24.1. The highest BCUT2D eigenvalue weighted by Gasteiger charge is 2.54. The molecule has 0 radical (unpaired) electrons. The maximum atomic E-state index is 5.56. The van der Waals surface area contributed by atoms with Crippen molar-refractivity contribution in [2.75, 3.05) is 0 Å². The summed E-state index contributed by atoms with van der Waals surface area (Å²) in [6, 6.07) is 56.6. The third kappa shape index (κ3) is 3.55. The predicted molar refractivity (Wildman–Crippen MR) is 178 cm³/mol. The lowest BCUT2D eigenvalue weighted by Gasteiger charge is -2.30. The Kier molecular flexibility index (Phi) is 5.51. The van der Waals surface area contributed by atoms with Crippen LogP contribution in [-0.2, 0) is 11.8 Å². The monoisotopic (exact) mass is 560 g/mol. The molecule has 0 bridgehead atoms. The SMILES string of the molecule is c1ccc(Cc2ccc3c(c2)C2(c4ccccc4-3)c3ccccc3-c3c(-c4ccccc4)nc(-c4ccccc4)nc32)cc1. The van der Waals surface area contributed by atoms with Crippen LogP contribution in [0.4, 0.5) is 0 Å². The zero-order valence-electron chi connectivity index (χ0n) is 24.1. The first-order valence-corrected chi connectivity index (χ1v) is 15.2. The third-order valence-corrected chi connectivity index (χ3v) is 9.30. The molecule has 0 amide bonds. The summed E-state index contributed by atoms with van der Waals surface area (Å²) in [5, 5.41) is 0. The fourth-order valence-electron chi connectivity index (χ4n) is 7.48. The van der Waals surface area contributed by atoms with Gasteiger partial charge in [0.05, 0.1) is 16.8 Å². The summed E-state index contributed by atoms with van der Waals surface area (Å²) in [7, 11) is 0. The number of fused-ring (bicyclic) bond motifs is 10. The highest BCUT2D eigenvalue weighted by Crippen LogP contribution is 2.63. The second kappa shape index (κ2) is 9.72. The Morgan fingerprint density at radius 1 is 0.432 bits per heavy atom. The van der Waals surface area contributed by atoms with Crippen LogP contribution in [0.1, 0.15) is 33.5 Å². The molecule has 0 N–H and O–H groups in total. The Bertz CT molecular complexity index is 2190. The van der Waals surface area contributed by atoms with Gasteiger partial charge in [-0.25, -0.2) is 9.97 Å². The summed E-state index contributed by atoms with van der Waals surface area (Å²) in [4.78, 5) is 10.9. The molecule has 206 valence electrons. The molecule has 2 heteroatoms. The summed E-state index contributed by atoms with van der Waals surface area (Å²) >= 11 is 0. The van der Waals surface area contributed by atoms with Crippen molar-refractivity contribution >= 4 is 0 Å². The second-order valence-corrected chi connectivity index (χ2v) is 11.7. The van der Waals surface area contributed by atoms with Crippen molar-refractivity contribution in [3.63, 3.8) is 0 Å².